The van der Waals surface area contributed by atoms with Gasteiger partial charge in [-0.05, 0) is 13.3 Å². The third kappa shape index (κ3) is 5.71. The number of carbonyl (C=O) groups is 1. The van der Waals surface area contributed by atoms with Crippen molar-refractivity contribution in [3.63, 3.8) is 0 Å². The number of rotatable bonds is 7. The van der Waals surface area contributed by atoms with Crippen LogP contribution in [0.3, 0.4) is 0 Å². The fourth-order valence-corrected chi connectivity index (χ4v) is 3.80. The third-order valence-corrected chi connectivity index (χ3v) is 4.88. The Labute approximate surface area is 119 Å². The summed E-state index contributed by atoms with van der Waals surface area (Å²) in [7, 11) is 0. The first-order valence-corrected chi connectivity index (χ1v) is 8.13. The first-order chi connectivity index (χ1) is 8.65. The molecule has 1 N–H and O–H groups in total. The number of carbonyl (C=O) groups excluding carboxylic acids is 1. The molecule has 1 unspecified atom stereocenters. The number of amides is 1. The van der Waals surface area contributed by atoms with Gasteiger partial charge in [-0.15, -0.1) is 10.2 Å². The van der Waals surface area contributed by atoms with Gasteiger partial charge in [0, 0.05) is 6.54 Å². The molecule has 0 saturated heterocycles. The Bertz CT molecular complexity index is 429. The summed E-state index contributed by atoms with van der Waals surface area (Å²) in [6.07, 6.45) is 0.933. The molecule has 0 saturated carbocycles. The van der Waals surface area contributed by atoms with Crippen molar-refractivity contribution in [1.29, 1.82) is 5.26 Å². The minimum Gasteiger partial charge on any atom is -0.355 e. The van der Waals surface area contributed by atoms with Gasteiger partial charge in [0.2, 0.25) is 5.91 Å². The van der Waals surface area contributed by atoms with Crippen LogP contribution in [0.4, 0.5) is 0 Å². The first-order valence-electron chi connectivity index (χ1n) is 5.45. The monoisotopic (exact) mass is 302 g/mol. The number of nitrogens with zero attached hydrogens (tertiary/aromatic N) is 3. The lowest BCUT2D eigenvalue weighted by Gasteiger charge is -2.00. The van der Waals surface area contributed by atoms with Crippen LogP contribution in [-0.4, -0.2) is 33.7 Å². The second-order valence-corrected chi connectivity index (χ2v) is 7.15. The molecule has 0 spiro atoms. The molecule has 1 aromatic rings. The quantitative estimate of drug-likeness (QED) is 0.778. The van der Waals surface area contributed by atoms with Crippen molar-refractivity contribution in [3.8, 4) is 6.07 Å². The summed E-state index contributed by atoms with van der Waals surface area (Å²) in [6, 6.07) is 2.13. The molecule has 0 aliphatic heterocycles. The molecule has 18 heavy (non-hydrogen) atoms. The summed E-state index contributed by atoms with van der Waals surface area (Å²) in [5, 5.41) is 19.3. The van der Waals surface area contributed by atoms with Crippen LogP contribution in [0.25, 0.3) is 0 Å². The van der Waals surface area contributed by atoms with Gasteiger partial charge < -0.3 is 5.32 Å². The van der Waals surface area contributed by atoms with Crippen LogP contribution in [0, 0.1) is 11.3 Å². The van der Waals surface area contributed by atoms with Crippen molar-refractivity contribution < 1.29 is 4.79 Å². The predicted molar refractivity (Wildman–Crippen MR) is 74.9 cm³/mol. The number of aromatic nitrogens is 2. The van der Waals surface area contributed by atoms with E-state index in [0.29, 0.717) is 12.3 Å². The van der Waals surface area contributed by atoms with E-state index < -0.39 is 0 Å². The van der Waals surface area contributed by atoms with Crippen molar-refractivity contribution >= 4 is 40.8 Å². The lowest BCUT2D eigenvalue weighted by molar-refractivity contribution is -0.118. The van der Waals surface area contributed by atoms with Crippen LogP contribution in [0.5, 0.6) is 0 Å². The largest absolute Gasteiger partial charge is 0.355 e. The average Bonchev–Trinajstić information content (AvgIpc) is 2.81. The second-order valence-electron chi connectivity index (χ2n) is 3.36. The summed E-state index contributed by atoms with van der Waals surface area (Å²) < 4.78 is 1.52. The van der Waals surface area contributed by atoms with Crippen molar-refractivity contribution in [3.05, 3.63) is 0 Å². The molecule has 1 heterocycles. The van der Waals surface area contributed by atoms with Gasteiger partial charge in [-0.25, -0.2) is 0 Å². The first kappa shape index (κ1) is 15.3. The van der Waals surface area contributed by atoms with Gasteiger partial charge in [0.25, 0.3) is 0 Å². The van der Waals surface area contributed by atoms with Crippen LogP contribution in [0.2, 0.25) is 0 Å². The predicted octanol–water partition coefficient (Wildman–Crippen LogP) is 2.16. The Balaban J connectivity index is 2.35. The normalized spacial score (nSPS) is 11.8. The van der Waals surface area contributed by atoms with Gasteiger partial charge >= 0.3 is 0 Å². The van der Waals surface area contributed by atoms with E-state index in [9.17, 15) is 4.79 Å². The maximum Gasteiger partial charge on any atom is 0.230 e. The lowest BCUT2D eigenvalue weighted by Crippen LogP contribution is -2.25. The number of hydrogen-bond acceptors (Lipinski definition) is 7. The molecule has 0 fully saturated rings. The highest BCUT2D eigenvalue weighted by Crippen LogP contribution is 2.30. The van der Waals surface area contributed by atoms with Crippen molar-refractivity contribution in [1.82, 2.24) is 15.5 Å². The third-order valence-electron chi connectivity index (χ3n) is 1.75. The van der Waals surface area contributed by atoms with Crippen LogP contribution in [-0.2, 0) is 4.79 Å². The van der Waals surface area contributed by atoms with Gasteiger partial charge in [-0.1, -0.05) is 41.8 Å². The molecule has 0 radical (unpaired) electrons. The van der Waals surface area contributed by atoms with Gasteiger partial charge in [0.05, 0.1) is 17.1 Å². The summed E-state index contributed by atoms with van der Waals surface area (Å²) in [5.74, 6) is 0.365. The molecule has 0 aliphatic carbocycles. The van der Waals surface area contributed by atoms with E-state index in [1.807, 2.05) is 13.8 Å². The Morgan fingerprint density at radius 2 is 2.28 bits per heavy atom. The maximum atomic E-state index is 11.4. The Kier molecular flexibility index (Phi) is 7.08. The smallest absolute Gasteiger partial charge is 0.230 e. The van der Waals surface area contributed by atoms with Crippen LogP contribution in [0.1, 0.15) is 20.3 Å². The van der Waals surface area contributed by atoms with Crippen molar-refractivity contribution in [2.24, 2.45) is 0 Å². The minimum absolute atomic E-state index is 0.0108. The number of nitrogens with one attached hydrogen (secondary N) is 1. The second kappa shape index (κ2) is 8.34. The minimum atomic E-state index is -0.136. The Morgan fingerprint density at radius 1 is 1.56 bits per heavy atom. The summed E-state index contributed by atoms with van der Waals surface area (Å²) >= 11 is 4.17. The zero-order valence-corrected chi connectivity index (χ0v) is 12.6. The molecule has 0 aliphatic rings. The zero-order chi connectivity index (χ0) is 13.4. The number of nitriles is 1. The lowest BCUT2D eigenvalue weighted by atomic mass is 10.5. The molecular formula is C10H14N4OS3. The molecule has 0 aromatic carbocycles. The molecule has 1 atom stereocenters. The highest BCUT2D eigenvalue weighted by atomic mass is 32.2. The van der Waals surface area contributed by atoms with Gasteiger partial charge in [0.15, 0.2) is 8.68 Å². The van der Waals surface area contributed by atoms with E-state index in [1.165, 1.54) is 34.9 Å². The van der Waals surface area contributed by atoms with E-state index in [4.69, 9.17) is 5.26 Å². The van der Waals surface area contributed by atoms with E-state index in [2.05, 4.69) is 21.6 Å². The van der Waals surface area contributed by atoms with E-state index in [0.717, 1.165) is 15.1 Å². The summed E-state index contributed by atoms with van der Waals surface area (Å²) in [5.41, 5.74) is 0. The van der Waals surface area contributed by atoms with Crippen LogP contribution < -0.4 is 5.32 Å². The maximum absolute atomic E-state index is 11.4. The van der Waals surface area contributed by atoms with Crippen molar-refractivity contribution in [2.75, 3.05) is 12.3 Å². The van der Waals surface area contributed by atoms with E-state index >= 15 is 0 Å². The van der Waals surface area contributed by atoms with Gasteiger partial charge in [-0.3, -0.25) is 4.79 Å². The molecule has 0 bridgehead atoms. The molecule has 1 rings (SSSR count). The van der Waals surface area contributed by atoms with E-state index in [1.54, 1.807) is 0 Å². The van der Waals surface area contributed by atoms with Crippen LogP contribution in [0.15, 0.2) is 8.68 Å². The summed E-state index contributed by atoms with van der Waals surface area (Å²) in [4.78, 5) is 11.4. The fraction of sp³-hybridized carbons (Fsp3) is 0.600. The van der Waals surface area contributed by atoms with Gasteiger partial charge in [0.1, 0.15) is 0 Å². The van der Waals surface area contributed by atoms with Gasteiger partial charge in [-0.2, -0.15) is 5.26 Å². The number of thioether (sulfide) groups is 2. The molecule has 98 valence electrons. The molecule has 8 heteroatoms. The molecule has 1 amide bonds. The fourth-order valence-electron chi connectivity index (χ4n) is 0.923. The zero-order valence-electron chi connectivity index (χ0n) is 10.2. The van der Waals surface area contributed by atoms with Crippen molar-refractivity contribution in [2.45, 2.75) is 34.2 Å². The molecule has 1 aromatic heterocycles. The Hall–Kier alpha value is -0.780. The van der Waals surface area contributed by atoms with Crippen LogP contribution >= 0.6 is 34.9 Å². The summed E-state index contributed by atoms with van der Waals surface area (Å²) in [6.45, 7) is 4.53. The molecule has 5 nitrogen and oxygen atoms in total. The Morgan fingerprint density at radius 3 is 2.94 bits per heavy atom. The SMILES string of the molecule is CCCNC(=O)CSc1nnc(SC(C)C#N)s1. The average molecular weight is 302 g/mol. The number of hydrogen-bond donors (Lipinski definition) is 1. The topological polar surface area (TPSA) is 78.7 Å². The van der Waals surface area contributed by atoms with E-state index in [-0.39, 0.29) is 11.2 Å². The standard InChI is InChI=1S/C10H14N4OS3/c1-3-4-12-8(15)6-16-9-13-14-10(18-9)17-7(2)5-11/h7H,3-4,6H2,1-2H3,(H,12,15). The molecular weight excluding hydrogens is 288 g/mol. The highest BCUT2D eigenvalue weighted by Gasteiger charge is 2.10. The highest BCUT2D eigenvalue weighted by molar-refractivity contribution is 8.03.